The number of nitrogens with zero attached hydrogens (tertiary/aromatic N) is 1. The Kier molecular flexibility index (Phi) is 7.36. The van der Waals surface area contributed by atoms with Gasteiger partial charge in [-0.05, 0) is 18.1 Å². The Labute approximate surface area is 138 Å². The first kappa shape index (κ1) is 19.1. The van der Waals surface area contributed by atoms with E-state index >= 15 is 0 Å². The molecule has 0 aliphatic carbocycles. The summed E-state index contributed by atoms with van der Waals surface area (Å²) in [4.78, 5) is 34.7. The standard InChI is InChI=1S/C16H18FN3O4/c1-10(21)19-14(9-11-5-2-3-6-12(11)17)15(22)20-13(16(23)24)7-4-8-18/h2-3,5-6,13-14H,4,7,9H2,1H3,(H,19,21)(H,20,22)(H,23,24)/t13-,14-/m1/s1. The molecule has 0 unspecified atom stereocenters. The molecule has 8 heteroatoms. The Morgan fingerprint density at radius 1 is 1.25 bits per heavy atom. The van der Waals surface area contributed by atoms with Crippen LogP contribution in [-0.2, 0) is 20.8 Å². The van der Waals surface area contributed by atoms with Crippen molar-refractivity contribution in [3.05, 3.63) is 35.6 Å². The smallest absolute Gasteiger partial charge is 0.326 e. The van der Waals surface area contributed by atoms with Crippen LogP contribution in [0.15, 0.2) is 24.3 Å². The molecule has 24 heavy (non-hydrogen) atoms. The molecule has 0 aromatic heterocycles. The van der Waals surface area contributed by atoms with Crippen LogP contribution in [0.25, 0.3) is 0 Å². The molecule has 128 valence electrons. The number of hydrogen-bond acceptors (Lipinski definition) is 4. The van der Waals surface area contributed by atoms with E-state index in [-0.39, 0.29) is 24.8 Å². The predicted molar refractivity (Wildman–Crippen MR) is 82.1 cm³/mol. The fourth-order valence-corrected chi connectivity index (χ4v) is 2.08. The van der Waals surface area contributed by atoms with Crippen molar-refractivity contribution in [2.24, 2.45) is 0 Å². The van der Waals surface area contributed by atoms with Crippen LogP contribution < -0.4 is 10.6 Å². The highest BCUT2D eigenvalue weighted by Gasteiger charge is 2.26. The molecule has 0 fully saturated rings. The molecule has 3 N–H and O–H groups in total. The van der Waals surface area contributed by atoms with Crippen molar-refractivity contribution >= 4 is 17.8 Å². The summed E-state index contributed by atoms with van der Waals surface area (Å²) in [5, 5.41) is 22.3. The molecule has 0 radical (unpaired) electrons. The number of carbonyl (C=O) groups is 3. The van der Waals surface area contributed by atoms with E-state index < -0.39 is 35.7 Å². The molecule has 0 saturated carbocycles. The van der Waals surface area contributed by atoms with Gasteiger partial charge in [-0.2, -0.15) is 5.26 Å². The second kappa shape index (κ2) is 9.25. The van der Waals surface area contributed by atoms with Gasteiger partial charge in [-0.25, -0.2) is 9.18 Å². The summed E-state index contributed by atoms with van der Waals surface area (Å²) in [6.45, 7) is 1.20. The summed E-state index contributed by atoms with van der Waals surface area (Å²) in [7, 11) is 0. The van der Waals surface area contributed by atoms with E-state index in [1.807, 2.05) is 0 Å². The Balaban J connectivity index is 2.88. The zero-order chi connectivity index (χ0) is 18.1. The first-order valence-corrected chi connectivity index (χ1v) is 7.25. The summed E-state index contributed by atoms with van der Waals surface area (Å²) in [5.41, 5.74) is 0.218. The van der Waals surface area contributed by atoms with Crippen molar-refractivity contribution < 1.29 is 23.9 Å². The van der Waals surface area contributed by atoms with Gasteiger partial charge in [0.15, 0.2) is 0 Å². The summed E-state index contributed by atoms with van der Waals surface area (Å²) < 4.78 is 13.7. The molecule has 1 rings (SSSR count). The molecule has 0 spiro atoms. The fraction of sp³-hybridized carbons (Fsp3) is 0.375. The van der Waals surface area contributed by atoms with Gasteiger partial charge in [0.25, 0.3) is 0 Å². The summed E-state index contributed by atoms with van der Waals surface area (Å²) >= 11 is 0. The number of amides is 2. The summed E-state index contributed by atoms with van der Waals surface area (Å²) in [6.07, 6.45) is -0.234. The van der Waals surface area contributed by atoms with Crippen LogP contribution in [0.3, 0.4) is 0 Å². The lowest BCUT2D eigenvalue weighted by Gasteiger charge is -2.21. The molecular formula is C16H18FN3O4. The van der Waals surface area contributed by atoms with Gasteiger partial charge in [0.1, 0.15) is 17.9 Å². The van der Waals surface area contributed by atoms with Crippen LogP contribution >= 0.6 is 0 Å². The van der Waals surface area contributed by atoms with Crippen molar-refractivity contribution in [3.63, 3.8) is 0 Å². The van der Waals surface area contributed by atoms with Crippen LogP contribution in [0, 0.1) is 17.1 Å². The molecule has 0 aliphatic rings. The minimum Gasteiger partial charge on any atom is -0.480 e. The minimum absolute atomic E-state index is 0.0463. The van der Waals surface area contributed by atoms with E-state index in [1.165, 1.54) is 25.1 Å². The second-order valence-corrected chi connectivity index (χ2v) is 5.14. The number of nitriles is 1. The Bertz CT molecular complexity index is 657. The lowest BCUT2D eigenvalue weighted by Crippen LogP contribution is -2.52. The number of carbonyl (C=O) groups excluding carboxylic acids is 2. The SMILES string of the molecule is CC(=O)N[C@H](Cc1ccccc1F)C(=O)N[C@H](CCC#N)C(=O)O. The third-order valence-corrected chi connectivity index (χ3v) is 3.24. The molecule has 2 atom stereocenters. The van der Waals surface area contributed by atoms with Gasteiger partial charge in [-0.1, -0.05) is 18.2 Å². The summed E-state index contributed by atoms with van der Waals surface area (Å²) in [6, 6.07) is 5.21. The van der Waals surface area contributed by atoms with E-state index in [4.69, 9.17) is 10.4 Å². The molecule has 1 aromatic rings. The number of rotatable bonds is 8. The quantitative estimate of drug-likeness (QED) is 0.647. The minimum atomic E-state index is -1.29. The van der Waals surface area contributed by atoms with E-state index in [9.17, 15) is 18.8 Å². The third kappa shape index (κ3) is 6.04. The topological polar surface area (TPSA) is 119 Å². The third-order valence-electron chi connectivity index (χ3n) is 3.24. The van der Waals surface area contributed by atoms with Crippen LogP contribution in [0.5, 0.6) is 0 Å². The number of nitrogens with one attached hydrogen (secondary N) is 2. The molecule has 0 heterocycles. The van der Waals surface area contributed by atoms with E-state index in [2.05, 4.69) is 10.6 Å². The van der Waals surface area contributed by atoms with Crippen LogP contribution in [0.2, 0.25) is 0 Å². The monoisotopic (exact) mass is 335 g/mol. The number of benzene rings is 1. The molecule has 0 bridgehead atoms. The largest absolute Gasteiger partial charge is 0.480 e. The van der Waals surface area contributed by atoms with Gasteiger partial charge in [-0.15, -0.1) is 0 Å². The van der Waals surface area contributed by atoms with E-state index in [0.29, 0.717) is 0 Å². The Hall–Kier alpha value is -2.95. The number of aliphatic carboxylic acids is 1. The van der Waals surface area contributed by atoms with Crippen molar-refractivity contribution in [1.82, 2.24) is 10.6 Å². The molecule has 7 nitrogen and oxygen atoms in total. The zero-order valence-corrected chi connectivity index (χ0v) is 13.1. The first-order valence-electron chi connectivity index (χ1n) is 7.25. The van der Waals surface area contributed by atoms with Crippen molar-refractivity contribution in [2.45, 2.75) is 38.3 Å². The lowest BCUT2D eigenvalue weighted by atomic mass is 10.0. The first-order chi connectivity index (χ1) is 11.3. The van der Waals surface area contributed by atoms with Gasteiger partial charge in [0.2, 0.25) is 11.8 Å². The summed E-state index contributed by atoms with van der Waals surface area (Å²) in [5.74, 6) is -3.07. The van der Waals surface area contributed by atoms with E-state index in [0.717, 1.165) is 0 Å². The molecular weight excluding hydrogens is 317 g/mol. The van der Waals surface area contributed by atoms with Gasteiger partial charge < -0.3 is 15.7 Å². The fourth-order valence-electron chi connectivity index (χ4n) is 2.08. The van der Waals surface area contributed by atoms with Gasteiger partial charge >= 0.3 is 5.97 Å². The molecule has 0 saturated heterocycles. The second-order valence-electron chi connectivity index (χ2n) is 5.14. The van der Waals surface area contributed by atoms with Crippen LogP contribution in [0.1, 0.15) is 25.3 Å². The molecule has 1 aromatic carbocycles. The number of halogens is 1. The maximum atomic E-state index is 13.7. The highest BCUT2D eigenvalue weighted by Crippen LogP contribution is 2.10. The molecule has 2 amide bonds. The average Bonchev–Trinajstić information content (AvgIpc) is 2.51. The molecule has 0 aliphatic heterocycles. The normalized spacial score (nSPS) is 12.5. The van der Waals surface area contributed by atoms with Gasteiger partial charge in [0, 0.05) is 19.8 Å². The zero-order valence-electron chi connectivity index (χ0n) is 13.1. The predicted octanol–water partition coefficient (Wildman–Crippen LogP) is 0.746. The van der Waals surface area contributed by atoms with Crippen molar-refractivity contribution in [3.8, 4) is 6.07 Å². The Morgan fingerprint density at radius 2 is 1.92 bits per heavy atom. The van der Waals surface area contributed by atoms with Crippen LogP contribution in [0.4, 0.5) is 4.39 Å². The maximum absolute atomic E-state index is 13.7. The highest BCUT2D eigenvalue weighted by molar-refractivity contribution is 5.90. The van der Waals surface area contributed by atoms with Crippen LogP contribution in [-0.4, -0.2) is 35.0 Å². The van der Waals surface area contributed by atoms with Gasteiger partial charge in [0.05, 0.1) is 6.07 Å². The highest BCUT2D eigenvalue weighted by atomic mass is 19.1. The Morgan fingerprint density at radius 3 is 2.46 bits per heavy atom. The number of carboxylic acid groups (broad SMARTS) is 1. The number of hydrogen-bond donors (Lipinski definition) is 3. The lowest BCUT2D eigenvalue weighted by molar-refractivity contribution is -0.142. The average molecular weight is 335 g/mol. The van der Waals surface area contributed by atoms with Gasteiger partial charge in [-0.3, -0.25) is 9.59 Å². The van der Waals surface area contributed by atoms with Crippen molar-refractivity contribution in [1.29, 1.82) is 5.26 Å². The van der Waals surface area contributed by atoms with E-state index in [1.54, 1.807) is 12.1 Å². The van der Waals surface area contributed by atoms with Crippen molar-refractivity contribution in [2.75, 3.05) is 0 Å². The maximum Gasteiger partial charge on any atom is 0.326 e. The number of carboxylic acids is 1.